The number of urea groups is 1. The Hall–Kier alpha value is -2.42. The molecule has 0 radical (unpaired) electrons. The molecule has 1 unspecified atom stereocenters. The zero-order valence-corrected chi connectivity index (χ0v) is 14.3. The van der Waals surface area contributed by atoms with Crippen molar-refractivity contribution >= 4 is 11.7 Å². The molecule has 1 atom stereocenters. The molecule has 9 nitrogen and oxygen atoms in total. The first-order chi connectivity index (χ1) is 11.5. The van der Waals surface area contributed by atoms with E-state index in [1.165, 1.54) is 0 Å². The Morgan fingerprint density at radius 2 is 2.33 bits per heavy atom. The molecule has 0 saturated carbocycles. The number of carbonyl (C=O) groups is 1. The maximum Gasteiger partial charge on any atom is 0.321 e. The van der Waals surface area contributed by atoms with E-state index in [0.29, 0.717) is 30.5 Å². The molecule has 1 N–H and O–H groups in total. The number of hydrogen-bond acceptors (Lipinski definition) is 6. The molecule has 9 heteroatoms. The van der Waals surface area contributed by atoms with E-state index in [0.717, 1.165) is 19.5 Å². The number of hydrogen-bond donors (Lipinski definition) is 1. The van der Waals surface area contributed by atoms with Crippen LogP contribution >= 0.6 is 0 Å². The molecular weight excluding hydrogens is 310 g/mol. The quantitative estimate of drug-likeness (QED) is 0.882. The first-order valence-corrected chi connectivity index (χ1v) is 8.04. The molecule has 1 aliphatic rings. The van der Waals surface area contributed by atoms with Gasteiger partial charge in [0.05, 0.1) is 18.4 Å². The number of amides is 2. The highest BCUT2D eigenvalue weighted by molar-refractivity contribution is 5.89. The number of aromatic nitrogens is 4. The van der Waals surface area contributed by atoms with Crippen molar-refractivity contribution in [1.82, 2.24) is 29.7 Å². The van der Waals surface area contributed by atoms with Gasteiger partial charge in [-0.2, -0.15) is 10.1 Å². The van der Waals surface area contributed by atoms with Crippen LogP contribution in [-0.4, -0.2) is 69.5 Å². The third-order valence-electron chi connectivity index (χ3n) is 4.04. The number of nitrogens with one attached hydrogen (secondary N) is 1. The van der Waals surface area contributed by atoms with E-state index in [2.05, 4.69) is 25.5 Å². The second-order valence-electron chi connectivity index (χ2n) is 6.33. The Morgan fingerprint density at radius 1 is 1.50 bits per heavy atom. The van der Waals surface area contributed by atoms with E-state index in [4.69, 9.17) is 4.52 Å². The highest BCUT2D eigenvalue weighted by atomic mass is 16.5. The second kappa shape index (κ2) is 7.00. The average molecular weight is 333 g/mol. The molecule has 0 bridgehead atoms. The molecular formula is C15H23N7O2. The summed E-state index contributed by atoms with van der Waals surface area (Å²) in [6.07, 6.45) is 4.36. The minimum atomic E-state index is -0.120. The summed E-state index contributed by atoms with van der Waals surface area (Å²) in [6.45, 7) is 4.72. The summed E-state index contributed by atoms with van der Waals surface area (Å²) in [5.41, 5.74) is 0.706. The van der Waals surface area contributed by atoms with Crippen molar-refractivity contribution in [1.29, 1.82) is 0 Å². The molecule has 1 fully saturated rings. The standard InChI is InChI=1S/C15H23N7O2/c1-11-17-14(19-24-11)12-4-5-21(9-12)15(23)18-13-8-16-22(10-13)7-6-20(2)3/h8,10,12H,4-7,9H2,1-3H3,(H,18,23). The van der Waals surface area contributed by atoms with Crippen LogP contribution in [0, 0.1) is 6.92 Å². The average Bonchev–Trinajstić information content (AvgIpc) is 3.24. The Labute approximate surface area is 140 Å². The zero-order chi connectivity index (χ0) is 17.1. The molecule has 130 valence electrons. The fourth-order valence-corrected chi connectivity index (χ4v) is 2.69. The third-order valence-corrected chi connectivity index (χ3v) is 4.04. The number of carbonyl (C=O) groups excluding carboxylic acids is 1. The number of nitrogens with zero attached hydrogens (tertiary/aromatic N) is 6. The van der Waals surface area contributed by atoms with Crippen LogP contribution in [0.15, 0.2) is 16.9 Å². The van der Waals surface area contributed by atoms with Crippen LogP contribution in [0.1, 0.15) is 24.1 Å². The normalized spacial score (nSPS) is 17.7. The van der Waals surface area contributed by atoms with Crippen LogP contribution in [0.5, 0.6) is 0 Å². The largest absolute Gasteiger partial charge is 0.340 e. The molecule has 2 amide bonds. The van der Waals surface area contributed by atoms with Crippen LogP contribution < -0.4 is 5.32 Å². The van der Waals surface area contributed by atoms with Crippen molar-refractivity contribution in [2.24, 2.45) is 0 Å². The summed E-state index contributed by atoms with van der Waals surface area (Å²) in [5.74, 6) is 1.37. The van der Waals surface area contributed by atoms with Gasteiger partial charge in [-0.1, -0.05) is 5.16 Å². The van der Waals surface area contributed by atoms with Gasteiger partial charge in [-0.25, -0.2) is 4.79 Å². The Bertz CT molecular complexity index is 694. The second-order valence-corrected chi connectivity index (χ2v) is 6.33. The number of aryl methyl sites for hydroxylation is 1. The van der Waals surface area contributed by atoms with Crippen LogP contribution in [-0.2, 0) is 6.54 Å². The van der Waals surface area contributed by atoms with Gasteiger partial charge in [0.1, 0.15) is 0 Å². The van der Waals surface area contributed by atoms with Crippen molar-refractivity contribution < 1.29 is 9.32 Å². The summed E-state index contributed by atoms with van der Waals surface area (Å²) >= 11 is 0. The fourth-order valence-electron chi connectivity index (χ4n) is 2.69. The highest BCUT2D eigenvalue weighted by Gasteiger charge is 2.30. The molecule has 0 spiro atoms. The summed E-state index contributed by atoms with van der Waals surface area (Å²) in [6, 6.07) is -0.120. The lowest BCUT2D eigenvalue weighted by Crippen LogP contribution is -2.32. The number of likely N-dealkylation sites (tertiary alicyclic amines) is 1. The Morgan fingerprint density at radius 3 is 3.04 bits per heavy atom. The predicted molar refractivity (Wildman–Crippen MR) is 87.8 cm³/mol. The minimum absolute atomic E-state index is 0.120. The molecule has 3 heterocycles. The van der Waals surface area contributed by atoms with Gasteiger partial charge in [0, 0.05) is 38.7 Å². The van der Waals surface area contributed by atoms with Crippen LogP contribution in [0.3, 0.4) is 0 Å². The van der Waals surface area contributed by atoms with Gasteiger partial charge in [0.15, 0.2) is 5.82 Å². The molecule has 0 aliphatic carbocycles. The maximum atomic E-state index is 12.4. The first kappa shape index (κ1) is 16.4. The van der Waals surface area contributed by atoms with E-state index >= 15 is 0 Å². The molecule has 2 aromatic rings. The van der Waals surface area contributed by atoms with Crippen LogP contribution in [0.4, 0.5) is 10.5 Å². The van der Waals surface area contributed by atoms with Gasteiger partial charge in [0.25, 0.3) is 0 Å². The molecule has 3 rings (SSSR count). The lowest BCUT2D eigenvalue weighted by Gasteiger charge is -2.16. The van der Waals surface area contributed by atoms with E-state index in [1.807, 2.05) is 25.0 Å². The van der Waals surface area contributed by atoms with Crippen molar-refractivity contribution in [2.45, 2.75) is 25.8 Å². The summed E-state index contributed by atoms with van der Waals surface area (Å²) in [4.78, 5) is 20.5. The minimum Gasteiger partial charge on any atom is -0.340 e. The summed E-state index contributed by atoms with van der Waals surface area (Å²) in [5, 5.41) is 11.1. The van der Waals surface area contributed by atoms with Crippen molar-refractivity contribution in [3.63, 3.8) is 0 Å². The number of rotatable bonds is 5. The first-order valence-electron chi connectivity index (χ1n) is 8.04. The van der Waals surface area contributed by atoms with E-state index < -0.39 is 0 Å². The molecule has 0 aromatic carbocycles. The van der Waals surface area contributed by atoms with Crippen molar-refractivity contribution in [3.05, 3.63) is 24.1 Å². The van der Waals surface area contributed by atoms with Gasteiger partial charge in [-0.05, 0) is 20.5 Å². The van der Waals surface area contributed by atoms with E-state index in [1.54, 1.807) is 18.0 Å². The van der Waals surface area contributed by atoms with Gasteiger partial charge < -0.3 is 19.6 Å². The van der Waals surface area contributed by atoms with Crippen LogP contribution in [0.2, 0.25) is 0 Å². The monoisotopic (exact) mass is 333 g/mol. The Balaban J connectivity index is 1.52. The van der Waals surface area contributed by atoms with Crippen molar-refractivity contribution in [2.75, 3.05) is 39.0 Å². The molecule has 1 saturated heterocycles. The van der Waals surface area contributed by atoms with Crippen LogP contribution in [0.25, 0.3) is 0 Å². The molecule has 24 heavy (non-hydrogen) atoms. The number of likely N-dealkylation sites (N-methyl/N-ethyl adjacent to an activating group) is 1. The summed E-state index contributed by atoms with van der Waals surface area (Å²) in [7, 11) is 4.03. The topological polar surface area (TPSA) is 92.3 Å². The third kappa shape index (κ3) is 3.91. The Kier molecular flexibility index (Phi) is 4.79. The van der Waals surface area contributed by atoms with Gasteiger partial charge in [-0.15, -0.1) is 0 Å². The smallest absolute Gasteiger partial charge is 0.321 e. The molecule has 1 aliphatic heterocycles. The van der Waals surface area contributed by atoms with Gasteiger partial charge in [-0.3, -0.25) is 4.68 Å². The van der Waals surface area contributed by atoms with Gasteiger partial charge >= 0.3 is 6.03 Å². The zero-order valence-electron chi connectivity index (χ0n) is 14.3. The van der Waals surface area contributed by atoms with E-state index in [-0.39, 0.29) is 11.9 Å². The molecule has 2 aromatic heterocycles. The van der Waals surface area contributed by atoms with Gasteiger partial charge in [0.2, 0.25) is 5.89 Å². The lowest BCUT2D eigenvalue weighted by atomic mass is 10.1. The van der Waals surface area contributed by atoms with E-state index in [9.17, 15) is 4.79 Å². The summed E-state index contributed by atoms with van der Waals surface area (Å²) < 4.78 is 6.84. The number of anilines is 1. The SMILES string of the molecule is Cc1nc(C2CCN(C(=O)Nc3cnn(CCN(C)C)c3)C2)no1. The van der Waals surface area contributed by atoms with Crippen molar-refractivity contribution in [3.8, 4) is 0 Å². The predicted octanol–water partition coefficient (Wildman–Crippen LogP) is 1.16. The highest BCUT2D eigenvalue weighted by Crippen LogP contribution is 2.25. The maximum absolute atomic E-state index is 12.4. The lowest BCUT2D eigenvalue weighted by molar-refractivity contribution is 0.222. The fraction of sp³-hybridized carbons (Fsp3) is 0.600.